The largest absolute Gasteiger partial charge is 0.496 e. The lowest BCUT2D eigenvalue weighted by atomic mass is 10.00. The number of ether oxygens (including phenoxy) is 1. The van der Waals surface area contributed by atoms with Gasteiger partial charge in [-0.1, -0.05) is 6.07 Å². The van der Waals surface area contributed by atoms with E-state index >= 15 is 0 Å². The van der Waals surface area contributed by atoms with Gasteiger partial charge in [0, 0.05) is 17.6 Å². The van der Waals surface area contributed by atoms with Crippen LogP contribution in [-0.4, -0.2) is 31.6 Å². The van der Waals surface area contributed by atoms with Crippen molar-refractivity contribution in [2.45, 2.75) is 38.8 Å². The van der Waals surface area contributed by atoms with E-state index < -0.39 is 0 Å². The standard InChI is InChI=1S/C15H22N2O2.ClH/c1-10-4-5-12(9-14(10)19-3)15(18)17-13-6-7-16-11(2)8-13;/h4-5,9,11,13,16H,6-8H2,1-3H3,(H,17,18);1H. The maximum Gasteiger partial charge on any atom is 0.251 e. The predicted octanol–water partition coefficient (Wildman–Crippen LogP) is 2.30. The van der Waals surface area contributed by atoms with Crippen molar-refractivity contribution in [3.63, 3.8) is 0 Å². The highest BCUT2D eigenvalue weighted by molar-refractivity contribution is 5.94. The number of methoxy groups -OCH3 is 1. The number of hydrogen-bond acceptors (Lipinski definition) is 3. The summed E-state index contributed by atoms with van der Waals surface area (Å²) in [6, 6.07) is 6.29. The maximum absolute atomic E-state index is 12.2. The van der Waals surface area contributed by atoms with Gasteiger partial charge in [-0.3, -0.25) is 4.79 Å². The van der Waals surface area contributed by atoms with Gasteiger partial charge < -0.3 is 15.4 Å². The zero-order valence-electron chi connectivity index (χ0n) is 12.2. The van der Waals surface area contributed by atoms with E-state index in [2.05, 4.69) is 17.6 Å². The fourth-order valence-electron chi connectivity index (χ4n) is 2.49. The fourth-order valence-corrected chi connectivity index (χ4v) is 2.49. The Hall–Kier alpha value is -1.26. The van der Waals surface area contributed by atoms with Gasteiger partial charge in [-0.15, -0.1) is 12.4 Å². The minimum absolute atomic E-state index is 0. The summed E-state index contributed by atoms with van der Waals surface area (Å²) in [5, 5.41) is 6.48. The summed E-state index contributed by atoms with van der Waals surface area (Å²) in [4.78, 5) is 12.2. The average molecular weight is 299 g/mol. The molecule has 1 fully saturated rings. The molecule has 0 bridgehead atoms. The summed E-state index contributed by atoms with van der Waals surface area (Å²) >= 11 is 0. The highest BCUT2D eigenvalue weighted by Gasteiger charge is 2.20. The molecule has 2 atom stereocenters. The molecule has 5 heteroatoms. The number of hydrogen-bond donors (Lipinski definition) is 2. The highest BCUT2D eigenvalue weighted by Crippen LogP contribution is 2.19. The second kappa shape index (κ2) is 7.50. The lowest BCUT2D eigenvalue weighted by Gasteiger charge is -2.28. The van der Waals surface area contributed by atoms with Crippen LogP contribution in [0, 0.1) is 6.92 Å². The summed E-state index contributed by atoms with van der Waals surface area (Å²) in [5.41, 5.74) is 1.70. The first-order valence-corrected chi connectivity index (χ1v) is 6.79. The number of carbonyl (C=O) groups is 1. The third-order valence-electron chi connectivity index (χ3n) is 3.63. The molecule has 1 saturated heterocycles. The maximum atomic E-state index is 12.2. The van der Waals surface area contributed by atoms with E-state index in [1.54, 1.807) is 13.2 Å². The number of piperidine rings is 1. The van der Waals surface area contributed by atoms with Gasteiger partial charge in [-0.2, -0.15) is 0 Å². The SMILES string of the molecule is COc1cc(C(=O)NC2CCNC(C)C2)ccc1C.Cl. The van der Waals surface area contributed by atoms with Gasteiger partial charge in [0.2, 0.25) is 0 Å². The van der Waals surface area contributed by atoms with Crippen molar-refractivity contribution in [2.24, 2.45) is 0 Å². The lowest BCUT2D eigenvalue weighted by Crippen LogP contribution is -2.46. The second-order valence-electron chi connectivity index (χ2n) is 5.23. The minimum atomic E-state index is -0.0163. The minimum Gasteiger partial charge on any atom is -0.496 e. The normalized spacial score (nSPS) is 21.8. The molecule has 2 rings (SSSR count). The first-order chi connectivity index (χ1) is 9.10. The van der Waals surface area contributed by atoms with E-state index in [0.29, 0.717) is 11.6 Å². The molecule has 1 heterocycles. The van der Waals surface area contributed by atoms with Crippen LogP contribution in [0.1, 0.15) is 35.7 Å². The van der Waals surface area contributed by atoms with Crippen LogP contribution in [0.25, 0.3) is 0 Å². The molecule has 1 aliphatic heterocycles. The molecular weight excluding hydrogens is 276 g/mol. The molecule has 4 nitrogen and oxygen atoms in total. The van der Waals surface area contributed by atoms with Crippen molar-refractivity contribution in [3.8, 4) is 5.75 Å². The van der Waals surface area contributed by atoms with E-state index in [-0.39, 0.29) is 24.4 Å². The van der Waals surface area contributed by atoms with Gasteiger partial charge >= 0.3 is 0 Å². The molecule has 0 aliphatic carbocycles. The summed E-state index contributed by atoms with van der Waals surface area (Å²) in [7, 11) is 1.62. The zero-order valence-corrected chi connectivity index (χ0v) is 13.0. The number of benzene rings is 1. The number of amides is 1. The molecule has 2 N–H and O–H groups in total. The quantitative estimate of drug-likeness (QED) is 0.900. The average Bonchev–Trinajstić information content (AvgIpc) is 2.39. The number of aryl methyl sites for hydroxylation is 1. The Labute approximate surface area is 126 Å². The van der Waals surface area contributed by atoms with Crippen LogP contribution in [0.2, 0.25) is 0 Å². The van der Waals surface area contributed by atoms with Gasteiger partial charge in [0.25, 0.3) is 5.91 Å². The van der Waals surface area contributed by atoms with Crippen LogP contribution in [0.4, 0.5) is 0 Å². The van der Waals surface area contributed by atoms with Crippen LogP contribution < -0.4 is 15.4 Å². The Kier molecular flexibility index (Phi) is 6.30. The van der Waals surface area contributed by atoms with E-state index in [9.17, 15) is 4.79 Å². The van der Waals surface area contributed by atoms with Crippen LogP contribution in [-0.2, 0) is 0 Å². The molecule has 20 heavy (non-hydrogen) atoms. The summed E-state index contributed by atoms with van der Waals surface area (Å²) in [6.07, 6.45) is 1.97. The summed E-state index contributed by atoms with van der Waals surface area (Å²) in [5.74, 6) is 0.740. The number of rotatable bonds is 3. The summed E-state index contributed by atoms with van der Waals surface area (Å²) in [6.45, 7) is 5.07. The number of nitrogens with one attached hydrogen (secondary N) is 2. The predicted molar refractivity (Wildman–Crippen MR) is 82.9 cm³/mol. The Balaban J connectivity index is 0.00000200. The molecule has 0 spiro atoms. The lowest BCUT2D eigenvalue weighted by molar-refractivity contribution is 0.0925. The Morgan fingerprint density at radius 2 is 2.20 bits per heavy atom. The van der Waals surface area contributed by atoms with E-state index in [1.807, 2.05) is 19.1 Å². The molecule has 1 aliphatic rings. The Morgan fingerprint density at radius 1 is 1.45 bits per heavy atom. The van der Waals surface area contributed by atoms with Gasteiger partial charge in [0.1, 0.15) is 5.75 Å². The van der Waals surface area contributed by atoms with Crippen molar-refractivity contribution in [1.82, 2.24) is 10.6 Å². The van der Waals surface area contributed by atoms with E-state index in [0.717, 1.165) is 30.7 Å². The van der Waals surface area contributed by atoms with Gasteiger partial charge in [-0.25, -0.2) is 0 Å². The zero-order chi connectivity index (χ0) is 13.8. The van der Waals surface area contributed by atoms with Crippen molar-refractivity contribution < 1.29 is 9.53 Å². The third kappa shape index (κ3) is 4.12. The van der Waals surface area contributed by atoms with Crippen LogP contribution in [0.5, 0.6) is 5.75 Å². The van der Waals surface area contributed by atoms with Crippen LogP contribution in [0.3, 0.4) is 0 Å². The van der Waals surface area contributed by atoms with E-state index in [1.165, 1.54) is 0 Å². The second-order valence-corrected chi connectivity index (χ2v) is 5.23. The molecule has 1 aromatic rings. The van der Waals surface area contributed by atoms with Crippen LogP contribution >= 0.6 is 12.4 Å². The van der Waals surface area contributed by atoms with Crippen LogP contribution in [0.15, 0.2) is 18.2 Å². The van der Waals surface area contributed by atoms with Gasteiger partial charge in [0.05, 0.1) is 7.11 Å². The third-order valence-corrected chi connectivity index (χ3v) is 3.63. The van der Waals surface area contributed by atoms with Crippen molar-refractivity contribution in [3.05, 3.63) is 29.3 Å². The molecule has 0 saturated carbocycles. The number of carbonyl (C=O) groups excluding carboxylic acids is 1. The monoisotopic (exact) mass is 298 g/mol. The molecule has 0 aromatic heterocycles. The Bertz CT molecular complexity index is 465. The molecule has 112 valence electrons. The Morgan fingerprint density at radius 3 is 2.85 bits per heavy atom. The molecule has 2 unspecified atom stereocenters. The van der Waals surface area contributed by atoms with Gasteiger partial charge in [0.15, 0.2) is 0 Å². The van der Waals surface area contributed by atoms with Crippen molar-refractivity contribution in [1.29, 1.82) is 0 Å². The molecule has 1 aromatic carbocycles. The number of halogens is 1. The van der Waals surface area contributed by atoms with Crippen molar-refractivity contribution in [2.75, 3.05) is 13.7 Å². The molecular formula is C15H23ClN2O2. The van der Waals surface area contributed by atoms with E-state index in [4.69, 9.17) is 4.74 Å². The van der Waals surface area contributed by atoms with Gasteiger partial charge in [-0.05, 0) is 50.9 Å². The molecule has 0 radical (unpaired) electrons. The molecule has 1 amide bonds. The summed E-state index contributed by atoms with van der Waals surface area (Å²) < 4.78 is 5.25. The fraction of sp³-hybridized carbons (Fsp3) is 0.533. The van der Waals surface area contributed by atoms with Crippen molar-refractivity contribution >= 4 is 18.3 Å². The first-order valence-electron chi connectivity index (χ1n) is 6.79. The topological polar surface area (TPSA) is 50.4 Å². The smallest absolute Gasteiger partial charge is 0.251 e. The first kappa shape index (κ1) is 16.8. The highest BCUT2D eigenvalue weighted by atomic mass is 35.5.